The summed E-state index contributed by atoms with van der Waals surface area (Å²) in [7, 11) is -2.31. The fraction of sp³-hybridized carbons (Fsp3) is 0.714. The first-order chi connectivity index (χ1) is 4.62. The monoisotopic (exact) mass is 160 g/mol. The summed E-state index contributed by atoms with van der Waals surface area (Å²) in [6.07, 6.45) is 4.34. The van der Waals surface area contributed by atoms with Crippen molar-refractivity contribution in [1.29, 1.82) is 0 Å². The molecule has 0 saturated heterocycles. The van der Waals surface area contributed by atoms with Gasteiger partial charge in [-0.1, -0.05) is 19.4 Å². The predicted molar refractivity (Wildman–Crippen MR) is 44.8 cm³/mol. The lowest BCUT2D eigenvalue weighted by Crippen LogP contribution is -2.31. The molecule has 0 amide bonds. The van der Waals surface area contributed by atoms with Crippen molar-refractivity contribution in [1.82, 2.24) is 0 Å². The maximum absolute atomic E-state index is 9.51. The topological polar surface area (TPSA) is 29.5 Å². The van der Waals surface area contributed by atoms with Gasteiger partial charge in [0.25, 0.3) is 0 Å². The highest BCUT2D eigenvalue weighted by Crippen LogP contribution is 2.09. The van der Waals surface area contributed by atoms with Gasteiger partial charge in [-0.15, -0.1) is 0 Å². The van der Waals surface area contributed by atoms with E-state index < -0.39 is 8.56 Å². The Morgan fingerprint density at radius 2 is 2.20 bits per heavy atom. The summed E-state index contributed by atoms with van der Waals surface area (Å²) < 4.78 is 5.13. The SMILES string of the molecule is CC=CO[Si](C)(O)CCC. The van der Waals surface area contributed by atoms with E-state index in [0.29, 0.717) is 0 Å². The molecule has 0 radical (unpaired) electrons. The quantitative estimate of drug-likeness (QED) is 0.503. The minimum Gasteiger partial charge on any atom is -0.527 e. The first-order valence-electron chi connectivity index (χ1n) is 3.63. The molecule has 2 nitrogen and oxygen atoms in total. The maximum atomic E-state index is 9.51. The third-order valence-electron chi connectivity index (χ3n) is 1.17. The molecule has 0 rings (SSSR count). The molecule has 60 valence electrons. The largest absolute Gasteiger partial charge is 0.527 e. The van der Waals surface area contributed by atoms with Crippen LogP contribution in [0.4, 0.5) is 0 Å². The van der Waals surface area contributed by atoms with Crippen LogP contribution in [0.3, 0.4) is 0 Å². The summed E-state index contributed by atoms with van der Waals surface area (Å²) in [4.78, 5) is 9.51. The van der Waals surface area contributed by atoms with Crippen molar-refractivity contribution in [2.75, 3.05) is 0 Å². The summed E-state index contributed by atoms with van der Waals surface area (Å²) in [5.74, 6) is 0. The molecule has 0 bridgehead atoms. The van der Waals surface area contributed by atoms with Crippen LogP contribution in [-0.4, -0.2) is 13.4 Å². The van der Waals surface area contributed by atoms with Crippen molar-refractivity contribution in [3.8, 4) is 0 Å². The number of allylic oxidation sites excluding steroid dienone is 1. The van der Waals surface area contributed by atoms with Crippen molar-refractivity contribution < 1.29 is 9.22 Å². The second-order valence-corrected chi connectivity index (χ2v) is 5.60. The van der Waals surface area contributed by atoms with Crippen LogP contribution in [0.1, 0.15) is 20.3 Å². The van der Waals surface area contributed by atoms with Crippen LogP contribution in [0, 0.1) is 0 Å². The highest BCUT2D eigenvalue weighted by molar-refractivity contribution is 6.64. The normalized spacial score (nSPS) is 17.2. The first-order valence-corrected chi connectivity index (χ1v) is 6.20. The van der Waals surface area contributed by atoms with Crippen molar-refractivity contribution in [3.05, 3.63) is 12.3 Å². The molecule has 1 N–H and O–H groups in total. The molecule has 3 heteroatoms. The zero-order chi connectivity index (χ0) is 8.04. The van der Waals surface area contributed by atoms with Gasteiger partial charge in [-0.25, -0.2) is 0 Å². The number of rotatable bonds is 4. The summed E-state index contributed by atoms with van der Waals surface area (Å²) in [5, 5.41) is 0. The van der Waals surface area contributed by atoms with Gasteiger partial charge in [-0.05, 0) is 13.5 Å². The molecule has 1 atom stereocenters. The van der Waals surface area contributed by atoms with E-state index in [-0.39, 0.29) is 0 Å². The van der Waals surface area contributed by atoms with E-state index in [1.165, 1.54) is 0 Å². The standard InChI is InChI=1S/C7H16O2Si/c1-4-6-9-10(3,8)7-5-2/h4,6,8H,5,7H2,1-3H3. The van der Waals surface area contributed by atoms with Gasteiger partial charge < -0.3 is 9.22 Å². The first kappa shape index (κ1) is 9.72. The van der Waals surface area contributed by atoms with Crippen LogP contribution in [-0.2, 0) is 4.43 Å². The second kappa shape index (κ2) is 4.52. The van der Waals surface area contributed by atoms with Gasteiger partial charge in [0.15, 0.2) is 0 Å². The molecule has 0 aromatic rings. The van der Waals surface area contributed by atoms with Gasteiger partial charge in [0, 0.05) is 6.04 Å². The Morgan fingerprint density at radius 3 is 2.60 bits per heavy atom. The van der Waals surface area contributed by atoms with E-state index in [9.17, 15) is 4.80 Å². The number of hydrogen-bond donors (Lipinski definition) is 1. The predicted octanol–water partition coefficient (Wildman–Crippen LogP) is 2.01. The highest BCUT2D eigenvalue weighted by Gasteiger charge is 2.25. The fourth-order valence-corrected chi connectivity index (χ4v) is 2.21. The Morgan fingerprint density at radius 1 is 1.60 bits per heavy atom. The van der Waals surface area contributed by atoms with Gasteiger partial charge in [0.1, 0.15) is 0 Å². The summed E-state index contributed by atoms with van der Waals surface area (Å²) in [6.45, 7) is 5.72. The maximum Gasteiger partial charge on any atom is 0.392 e. The van der Waals surface area contributed by atoms with E-state index in [1.807, 2.05) is 13.8 Å². The number of hydrogen-bond acceptors (Lipinski definition) is 2. The van der Waals surface area contributed by atoms with Crippen molar-refractivity contribution >= 4 is 8.56 Å². The Hall–Kier alpha value is -0.283. The molecule has 10 heavy (non-hydrogen) atoms. The third-order valence-corrected chi connectivity index (χ3v) is 3.24. The molecule has 0 aliphatic heterocycles. The molecular weight excluding hydrogens is 144 g/mol. The van der Waals surface area contributed by atoms with Crippen molar-refractivity contribution in [2.45, 2.75) is 32.9 Å². The van der Waals surface area contributed by atoms with Crippen LogP contribution in [0.5, 0.6) is 0 Å². The van der Waals surface area contributed by atoms with Crippen LogP contribution >= 0.6 is 0 Å². The lowest BCUT2D eigenvalue weighted by Gasteiger charge is -2.17. The van der Waals surface area contributed by atoms with E-state index in [4.69, 9.17) is 4.43 Å². The van der Waals surface area contributed by atoms with Gasteiger partial charge >= 0.3 is 8.56 Å². The van der Waals surface area contributed by atoms with Crippen LogP contribution < -0.4 is 0 Å². The minimum absolute atomic E-state index is 0.803. The zero-order valence-corrected chi connectivity index (χ0v) is 7.92. The third kappa shape index (κ3) is 4.58. The van der Waals surface area contributed by atoms with Crippen LogP contribution in [0.25, 0.3) is 0 Å². The molecule has 1 unspecified atom stereocenters. The Balaban J connectivity index is 3.62. The molecule has 0 aliphatic carbocycles. The highest BCUT2D eigenvalue weighted by atomic mass is 28.4. The zero-order valence-electron chi connectivity index (χ0n) is 6.92. The van der Waals surface area contributed by atoms with E-state index in [2.05, 4.69) is 0 Å². The molecule has 0 aliphatic rings. The van der Waals surface area contributed by atoms with Crippen molar-refractivity contribution in [2.24, 2.45) is 0 Å². The molecule has 0 spiro atoms. The summed E-state index contributed by atoms with van der Waals surface area (Å²) in [6, 6.07) is 0.803. The molecule has 0 heterocycles. The van der Waals surface area contributed by atoms with E-state index >= 15 is 0 Å². The van der Waals surface area contributed by atoms with Crippen LogP contribution in [0.15, 0.2) is 12.3 Å². The summed E-state index contributed by atoms with van der Waals surface area (Å²) in [5.41, 5.74) is 0. The Labute approximate surface area is 63.8 Å². The second-order valence-electron chi connectivity index (χ2n) is 2.51. The van der Waals surface area contributed by atoms with Crippen molar-refractivity contribution in [3.63, 3.8) is 0 Å². The average Bonchev–Trinajstić information content (AvgIpc) is 1.84. The average molecular weight is 160 g/mol. The van der Waals surface area contributed by atoms with E-state index in [0.717, 1.165) is 12.5 Å². The Kier molecular flexibility index (Phi) is 4.39. The molecular formula is C7H16O2Si. The summed E-state index contributed by atoms with van der Waals surface area (Å²) >= 11 is 0. The van der Waals surface area contributed by atoms with Gasteiger partial charge in [-0.3, -0.25) is 0 Å². The smallest absolute Gasteiger partial charge is 0.392 e. The lowest BCUT2D eigenvalue weighted by molar-refractivity contribution is 0.335. The molecule has 0 saturated carbocycles. The Bertz CT molecular complexity index is 110. The van der Waals surface area contributed by atoms with Gasteiger partial charge in [0.05, 0.1) is 6.26 Å². The molecule has 0 fully saturated rings. The molecule has 0 aromatic carbocycles. The lowest BCUT2D eigenvalue weighted by atomic mass is 10.6. The molecule has 0 aromatic heterocycles. The van der Waals surface area contributed by atoms with Gasteiger partial charge in [0.2, 0.25) is 0 Å². The van der Waals surface area contributed by atoms with E-state index in [1.54, 1.807) is 18.9 Å². The van der Waals surface area contributed by atoms with Crippen LogP contribution in [0.2, 0.25) is 12.6 Å². The van der Waals surface area contributed by atoms with Gasteiger partial charge in [-0.2, -0.15) is 0 Å². The minimum atomic E-state index is -2.31. The fourth-order valence-electron chi connectivity index (χ4n) is 0.737.